The summed E-state index contributed by atoms with van der Waals surface area (Å²) in [6.45, 7) is 4.42. The minimum Gasteiger partial charge on any atom is -0.306 e. The number of rotatable bonds is 4. The van der Waals surface area contributed by atoms with Crippen LogP contribution in [0.15, 0.2) is 24.5 Å². The standard InChI is InChI=1S/C12H15N5O/c1-3-10-14-11(16-15-10)12(18)17(4-2)9-5-7-13-8-6-9/h5-8H,3-4H2,1-2H3,(H,14,15,16). The second kappa shape index (κ2) is 5.39. The molecule has 0 spiro atoms. The van der Waals surface area contributed by atoms with Gasteiger partial charge in [0.15, 0.2) is 0 Å². The zero-order chi connectivity index (χ0) is 13.0. The monoisotopic (exact) mass is 245 g/mol. The lowest BCUT2D eigenvalue weighted by Crippen LogP contribution is -2.31. The van der Waals surface area contributed by atoms with Gasteiger partial charge in [0.05, 0.1) is 0 Å². The fourth-order valence-electron chi connectivity index (χ4n) is 1.64. The third-order valence-corrected chi connectivity index (χ3v) is 2.59. The summed E-state index contributed by atoms with van der Waals surface area (Å²) in [5.41, 5.74) is 0.792. The highest BCUT2D eigenvalue weighted by Gasteiger charge is 2.20. The van der Waals surface area contributed by atoms with Crippen LogP contribution in [0.5, 0.6) is 0 Å². The molecular formula is C12H15N5O. The highest BCUT2D eigenvalue weighted by molar-refractivity contribution is 6.03. The number of aryl methyl sites for hydroxylation is 1. The van der Waals surface area contributed by atoms with Crippen molar-refractivity contribution in [3.63, 3.8) is 0 Å². The van der Waals surface area contributed by atoms with Crippen LogP contribution in [0.3, 0.4) is 0 Å². The number of nitrogens with zero attached hydrogens (tertiary/aromatic N) is 4. The third-order valence-electron chi connectivity index (χ3n) is 2.59. The molecule has 0 saturated carbocycles. The van der Waals surface area contributed by atoms with Gasteiger partial charge in [-0.1, -0.05) is 6.92 Å². The van der Waals surface area contributed by atoms with E-state index >= 15 is 0 Å². The van der Waals surface area contributed by atoms with E-state index in [0.29, 0.717) is 12.4 Å². The Bertz CT molecular complexity index is 522. The minimum absolute atomic E-state index is 0.200. The average Bonchev–Trinajstić information content (AvgIpc) is 2.89. The van der Waals surface area contributed by atoms with Crippen molar-refractivity contribution in [3.8, 4) is 0 Å². The van der Waals surface area contributed by atoms with Gasteiger partial charge < -0.3 is 4.90 Å². The van der Waals surface area contributed by atoms with E-state index in [1.165, 1.54) is 0 Å². The number of nitrogens with one attached hydrogen (secondary N) is 1. The lowest BCUT2D eigenvalue weighted by molar-refractivity contribution is 0.0978. The Morgan fingerprint density at radius 1 is 1.33 bits per heavy atom. The molecule has 0 aliphatic carbocycles. The average molecular weight is 245 g/mol. The van der Waals surface area contributed by atoms with Crippen LogP contribution >= 0.6 is 0 Å². The van der Waals surface area contributed by atoms with Gasteiger partial charge in [-0.15, -0.1) is 5.10 Å². The van der Waals surface area contributed by atoms with Crippen molar-refractivity contribution < 1.29 is 4.79 Å². The summed E-state index contributed by atoms with van der Waals surface area (Å²) in [5, 5.41) is 6.68. The molecule has 1 N–H and O–H groups in total. The first kappa shape index (κ1) is 12.2. The first-order valence-electron chi connectivity index (χ1n) is 5.89. The molecule has 2 aromatic rings. The van der Waals surface area contributed by atoms with Gasteiger partial charge in [-0.05, 0) is 19.1 Å². The Balaban J connectivity index is 2.25. The molecule has 94 valence electrons. The Labute approximate surface area is 105 Å². The van der Waals surface area contributed by atoms with Crippen LogP contribution in [0.1, 0.15) is 30.3 Å². The topological polar surface area (TPSA) is 74.8 Å². The molecular weight excluding hydrogens is 230 g/mol. The number of hydrogen-bond acceptors (Lipinski definition) is 4. The van der Waals surface area contributed by atoms with E-state index in [1.807, 2.05) is 13.8 Å². The fourth-order valence-corrected chi connectivity index (χ4v) is 1.64. The van der Waals surface area contributed by atoms with E-state index in [9.17, 15) is 4.79 Å². The number of aromatic nitrogens is 4. The highest BCUT2D eigenvalue weighted by atomic mass is 16.2. The highest BCUT2D eigenvalue weighted by Crippen LogP contribution is 2.14. The number of pyridine rings is 1. The van der Waals surface area contributed by atoms with Crippen LogP contribution in [-0.4, -0.2) is 32.6 Å². The number of amides is 1. The number of carbonyl (C=O) groups is 1. The Morgan fingerprint density at radius 2 is 2.06 bits per heavy atom. The van der Waals surface area contributed by atoms with Crippen LogP contribution in [0.2, 0.25) is 0 Å². The molecule has 0 radical (unpaired) electrons. The Kier molecular flexibility index (Phi) is 3.66. The van der Waals surface area contributed by atoms with Gasteiger partial charge in [0.2, 0.25) is 5.82 Å². The van der Waals surface area contributed by atoms with Crippen molar-refractivity contribution in [3.05, 3.63) is 36.2 Å². The largest absolute Gasteiger partial charge is 0.306 e. The van der Waals surface area contributed by atoms with E-state index < -0.39 is 0 Å². The maximum absolute atomic E-state index is 12.3. The van der Waals surface area contributed by atoms with Crippen LogP contribution in [0.25, 0.3) is 0 Å². The molecule has 6 nitrogen and oxygen atoms in total. The van der Waals surface area contributed by atoms with Crippen LogP contribution in [0.4, 0.5) is 5.69 Å². The quantitative estimate of drug-likeness (QED) is 0.884. The summed E-state index contributed by atoms with van der Waals surface area (Å²) in [6, 6.07) is 3.57. The third kappa shape index (κ3) is 2.37. The fraction of sp³-hybridized carbons (Fsp3) is 0.333. The summed E-state index contributed by atoms with van der Waals surface area (Å²) >= 11 is 0. The van der Waals surface area contributed by atoms with Gasteiger partial charge in [-0.2, -0.15) is 0 Å². The van der Waals surface area contributed by atoms with Gasteiger partial charge in [0.25, 0.3) is 5.91 Å². The van der Waals surface area contributed by atoms with E-state index in [-0.39, 0.29) is 11.7 Å². The van der Waals surface area contributed by atoms with Crippen LogP contribution in [-0.2, 0) is 6.42 Å². The number of hydrogen-bond donors (Lipinski definition) is 1. The van der Waals surface area contributed by atoms with Crippen LogP contribution < -0.4 is 4.90 Å². The second-order valence-electron chi connectivity index (χ2n) is 3.71. The minimum atomic E-state index is -0.209. The molecule has 0 aliphatic rings. The Morgan fingerprint density at radius 3 is 2.61 bits per heavy atom. The SMILES string of the molecule is CCc1nc(C(=O)N(CC)c2ccncc2)n[nH]1. The van der Waals surface area contributed by atoms with Crippen LogP contribution in [0, 0.1) is 0 Å². The molecule has 0 fully saturated rings. The number of anilines is 1. The van der Waals surface area contributed by atoms with E-state index in [4.69, 9.17) is 0 Å². The first-order valence-corrected chi connectivity index (χ1v) is 5.89. The molecule has 1 amide bonds. The predicted molar refractivity (Wildman–Crippen MR) is 67.3 cm³/mol. The first-order chi connectivity index (χ1) is 8.76. The zero-order valence-electron chi connectivity index (χ0n) is 10.4. The van der Waals surface area contributed by atoms with Gasteiger partial charge >= 0.3 is 0 Å². The van der Waals surface area contributed by atoms with Crippen molar-refractivity contribution in [1.29, 1.82) is 0 Å². The second-order valence-corrected chi connectivity index (χ2v) is 3.71. The van der Waals surface area contributed by atoms with E-state index in [0.717, 1.165) is 12.1 Å². The van der Waals surface area contributed by atoms with E-state index in [1.54, 1.807) is 29.4 Å². The molecule has 6 heteroatoms. The normalized spacial score (nSPS) is 10.3. The summed E-state index contributed by atoms with van der Waals surface area (Å²) < 4.78 is 0. The molecule has 18 heavy (non-hydrogen) atoms. The number of carbonyl (C=O) groups excluding carboxylic acids is 1. The number of H-pyrrole nitrogens is 1. The van der Waals surface area contributed by atoms with Gasteiger partial charge in [0.1, 0.15) is 5.82 Å². The van der Waals surface area contributed by atoms with Crippen molar-refractivity contribution in [2.24, 2.45) is 0 Å². The molecule has 2 heterocycles. The van der Waals surface area contributed by atoms with Crippen molar-refractivity contribution >= 4 is 11.6 Å². The van der Waals surface area contributed by atoms with Gasteiger partial charge in [0, 0.05) is 31.0 Å². The summed E-state index contributed by atoms with van der Waals surface area (Å²) in [7, 11) is 0. The number of aromatic amines is 1. The lowest BCUT2D eigenvalue weighted by Gasteiger charge is -2.18. The molecule has 0 aromatic carbocycles. The lowest BCUT2D eigenvalue weighted by atomic mass is 10.3. The molecule has 2 rings (SSSR count). The maximum Gasteiger partial charge on any atom is 0.297 e. The Hall–Kier alpha value is -2.24. The molecule has 0 saturated heterocycles. The summed E-state index contributed by atoms with van der Waals surface area (Å²) in [4.78, 5) is 22.0. The van der Waals surface area contributed by atoms with E-state index in [2.05, 4.69) is 20.2 Å². The molecule has 0 aliphatic heterocycles. The van der Waals surface area contributed by atoms with Crippen molar-refractivity contribution in [1.82, 2.24) is 20.2 Å². The maximum atomic E-state index is 12.3. The zero-order valence-corrected chi connectivity index (χ0v) is 10.4. The molecule has 2 aromatic heterocycles. The predicted octanol–water partition coefficient (Wildman–Crippen LogP) is 1.43. The van der Waals surface area contributed by atoms with Gasteiger partial charge in [-0.25, -0.2) is 4.98 Å². The smallest absolute Gasteiger partial charge is 0.297 e. The van der Waals surface area contributed by atoms with Crippen molar-refractivity contribution in [2.75, 3.05) is 11.4 Å². The van der Waals surface area contributed by atoms with Gasteiger partial charge in [-0.3, -0.25) is 14.9 Å². The molecule has 0 unspecified atom stereocenters. The summed E-state index contributed by atoms with van der Waals surface area (Å²) in [6.07, 6.45) is 4.03. The van der Waals surface area contributed by atoms with Crippen molar-refractivity contribution in [2.45, 2.75) is 20.3 Å². The summed E-state index contributed by atoms with van der Waals surface area (Å²) in [5.74, 6) is 0.703. The molecule has 0 bridgehead atoms. The molecule has 0 atom stereocenters.